The maximum absolute atomic E-state index is 13.0. The fraction of sp³-hybridized carbons (Fsp3) is 0.469. The first-order valence-electron chi connectivity index (χ1n) is 15.3. The highest BCUT2D eigenvalue weighted by Gasteiger charge is 2.39. The van der Waals surface area contributed by atoms with Gasteiger partial charge < -0.3 is 19.3 Å². The number of aromatic nitrogens is 2. The van der Waals surface area contributed by atoms with Gasteiger partial charge in [0.1, 0.15) is 17.9 Å². The van der Waals surface area contributed by atoms with Gasteiger partial charge >= 0.3 is 0 Å². The third kappa shape index (κ3) is 5.10. The molecule has 6 heterocycles. The molecule has 0 aliphatic carbocycles. The minimum Gasteiger partial charge on any atom is -0.489 e. The number of imide groups is 1. The van der Waals surface area contributed by atoms with Crippen LogP contribution in [-0.2, 0) is 27.4 Å². The number of carbonyl (C=O) groups is 3. The molecule has 43 heavy (non-hydrogen) atoms. The summed E-state index contributed by atoms with van der Waals surface area (Å²) in [6, 6.07) is 11.4. The van der Waals surface area contributed by atoms with Crippen LogP contribution in [0.2, 0.25) is 0 Å². The van der Waals surface area contributed by atoms with Gasteiger partial charge in [-0.3, -0.25) is 24.6 Å². The number of amides is 3. The van der Waals surface area contributed by atoms with Gasteiger partial charge in [0.25, 0.3) is 5.91 Å². The number of piperidine rings is 1. The molecule has 222 valence electrons. The van der Waals surface area contributed by atoms with Gasteiger partial charge in [-0.2, -0.15) is 0 Å². The number of anilines is 1. The lowest BCUT2D eigenvalue weighted by atomic mass is 10.0. The van der Waals surface area contributed by atoms with Crippen molar-refractivity contribution >= 4 is 34.6 Å². The zero-order chi connectivity index (χ0) is 29.1. The highest BCUT2D eigenvalue weighted by Crippen LogP contribution is 2.32. The van der Waals surface area contributed by atoms with Gasteiger partial charge in [0.05, 0.1) is 17.7 Å². The third-order valence-electron chi connectivity index (χ3n) is 9.39. The standard InChI is InChI=1S/C32H34N6O5/c39-29-8-7-28(30(40)35-29)38-15-21-12-22(4-5-26(21)31(38)41)42-25-9-10-36(16-25)14-19-1-6-27-20(11-19)13-33-32(34-27)37-17-23-2-3-24(18-37)43-23/h1,4-6,11-13,23-25,28H,2-3,7-10,14-18H2,(H,35,39,40)/t23-,24+,25?,28?. The number of rotatable bonds is 6. The summed E-state index contributed by atoms with van der Waals surface area (Å²) in [6.07, 6.45) is 6.36. The first-order chi connectivity index (χ1) is 20.9. The van der Waals surface area contributed by atoms with Crippen LogP contribution in [0.1, 0.15) is 53.6 Å². The molecule has 3 amide bonds. The van der Waals surface area contributed by atoms with Crippen LogP contribution in [-0.4, -0.2) is 88.0 Å². The van der Waals surface area contributed by atoms with Crippen LogP contribution < -0.4 is 15.0 Å². The molecule has 1 N–H and O–H groups in total. The van der Waals surface area contributed by atoms with Crippen molar-refractivity contribution in [3.8, 4) is 5.75 Å². The van der Waals surface area contributed by atoms with E-state index in [1.54, 1.807) is 11.0 Å². The Morgan fingerprint density at radius 3 is 2.67 bits per heavy atom. The van der Waals surface area contributed by atoms with E-state index < -0.39 is 11.9 Å². The van der Waals surface area contributed by atoms with Crippen molar-refractivity contribution < 1.29 is 23.9 Å². The average molecular weight is 583 g/mol. The third-order valence-corrected chi connectivity index (χ3v) is 9.39. The van der Waals surface area contributed by atoms with Crippen LogP contribution in [0.4, 0.5) is 5.95 Å². The number of fused-ring (bicyclic) bond motifs is 4. The van der Waals surface area contributed by atoms with Gasteiger partial charge in [0.2, 0.25) is 17.8 Å². The Bertz CT molecular complexity index is 1620. The molecule has 0 saturated carbocycles. The van der Waals surface area contributed by atoms with Crippen molar-refractivity contribution in [2.75, 3.05) is 31.1 Å². The minimum atomic E-state index is -0.617. The molecule has 0 spiro atoms. The summed E-state index contributed by atoms with van der Waals surface area (Å²) in [6.45, 7) is 4.64. The van der Waals surface area contributed by atoms with Crippen molar-refractivity contribution in [1.82, 2.24) is 25.1 Å². The number of ether oxygens (including phenoxy) is 2. The summed E-state index contributed by atoms with van der Waals surface area (Å²) in [5.74, 6) is 0.664. The Kier molecular flexibility index (Phi) is 6.52. The van der Waals surface area contributed by atoms with Crippen LogP contribution in [0.3, 0.4) is 0 Å². The maximum atomic E-state index is 13.0. The van der Waals surface area contributed by atoms with E-state index in [2.05, 4.69) is 33.3 Å². The summed E-state index contributed by atoms with van der Waals surface area (Å²) in [7, 11) is 0. The number of likely N-dealkylation sites (tertiary alicyclic amines) is 1. The molecule has 2 bridgehead atoms. The molecule has 1 aromatic heterocycles. The second-order valence-electron chi connectivity index (χ2n) is 12.4. The van der Waals surface area contributed by atoms with E-state index in [9.17, 15) is 14.4 Å². The van der Waals surface area contributed by atoms with Gasteiger partial charge in [-0.25, -0.2) is 9.97 Å². The van der Waals surface area contributed by atoms with E-state index in [1.807, 2.05) is 18.3 Å². The van der Waals surface area contributed by atoms with Gasteiger partial charge in [0.15, 0.2) is 0 Å². The van der Waals surface area contributed by atoms with E-state index >= 15 is 0 Å². The molecule has 5 aliphatic rings. The SMILES string of the molecule is O=C1CCC(N2Cc3cc(OC4CCN(Cc5ccc6nc(N7C[C@H]8CC[C@@H](C7)O8)ncc6c5)C4)ccc3C2=O)C(=O)N1. The Hall–Kier alpha value is -4.09. The predicted octanol–water partition coefficient (Wildman–Crippen LogP) is 2.41. The van der Waals surface area contributed by atoms with Gasteiger partial charge in [-0.15, -0.1) is 0 Å². The zero-order valence-electron chi connectivity index (χ0n) is 23.9. The molecular formula is C32H34N6O5. The molecule has 0 radical (unpaired) electrons. The van der Waals surface area contributed by atoms with Crippen molar-refractivity contribution in [3.63, 3.8) is 0 Å². The molecule has 11 nitrogen and oxygen atoms in total. The average Bonchev–Trinajstić information content (AvgIpc) is 3.68. The number of nitrogens with zero attached hydrogens (tertiary/aromatic N) is 5. The number of hydrogen-bond donors (Lipinski definition) is 1. The number of morpholine rings is 1. The lowest BCUT2D eigenvalue weighted by Crippen LogP contribution is -2.52. The highest BCUT2D eigenvalue weighted by molar-refractivity contribution is 6.05. The van der Waals surface area contributed by atoms with Crippen molar-refractivity contribution in [2.45, 2.75) is 69.5 Å². The first-order valence-corrected chi connectivity index (χ1v) is 15.3. The Labute approximate surface area is 249 Å². The second kappa shape index (κ2) is 10.6. The highest BCUT2D eigenvalue weighted by atomic mass is 16.5. The quantitative estimate of drug-likeness (QED) is 0.438. The molecule has 2 unspecified atom stereocenters. The summed E-state index contributed by atoms with van der Waals surface area (Å²) in [5.41, 5.74) is 3.62. The van der Waals surface area contributed by atoms with Crippen LogP contribution >= 0.6 is 0 Å². The number of carbonyl (C=O) groups excluding carboxylic acids is 3. The van der Waals surface area contributed by atoms with Crippen LogP contribution in [0.25, 0.3) is 10.9 Å². The lowest BCUT2D eigenvalue weighted by molar-refractivity contribution is -0.136. The second-order valence-corrected chi connectivity index (χ2v) is 12.4. The molecular weight excluding hydrogens is 548 g/mol. The smallest absolute Gasteiger partial charge is 0.255 e. The zero-order valence-corrected chi connectivity index (χ0v) is 23.9. The van der Waals surface area contributed by atoms with Crippen molar-refractivity contribution in [3.05, 3.63) is 59.3 Å². The number of nitrogens with one attached hydrogen (secondary N) is 1. The summed E-state index contributed by atoms with van der Waals surface area (Å²) >= 11 is 0. The largest absolute Gasteiger partial charge is 0.489 e. The van der Waals surface area contributed by atoms with Gasteiger partial charge in [-0.1, -0.05) is 6.07 Å². The molecule has 11 heteroatoms. The van der Waals surface area contributed by atoms with Crippen LogP contribution in [0, 0.1) is 0 Å². The molecule has 2 aromatic carbocycles. The number of hydrogen-bond acceptors (Lipinski definition) is 9. The monoisotopic (exact) mass is 582 g/mol. The summed E-state index contributed by atoms with van der Waals surface area (Å²) in [5, 5.41) is 3.39. The van der Waals surface area contributed by atoms with Crippen molar-refractivity contribution in [2.24, 2.45) is 0 Å². The van der Waals surface area contributed by atoms with E-state index in [0.29, 0.717) is 30.7 Å². The Morgan fingerprint density at radius 2 is 1.84 bits per heavy atom. The Morgan fingerprint density at radius 1 is 0.977 bits per heavy atom. The molecule has 4 atom stereocenters. The first kappa shape index (κ1) is 26.5. The summed E-state index contributed by atoms with van der Waals surface area (Å²) in [4.78, 5) is 52.6. The Balaban J connectivity index is 0.881. The van der Waals surface area contributed by atoms with E-state index in [1.165, 1.54) is 5.56 Å². The minimum absolute atomic E-state index is 0.0524. The number of benzene rings is 2. The summed E-state index contributed by atoms with van der Waals surface area (Å²) < 4.78 is 12.3. The van der Waals surface area contributed by atoms with E-state index in [4.69, 9.17) is 19.4 Å². The van der Waals surface area contributed by atoms with Gasteiger partial charge in [0, 0.05) is 62.8 Å². The van der Waals surface area contributed by atoms with Crippen LogP contribution in [0.5, 0.6) is 5.75 Å². The molecule has 3 aromatic rings. The maximum Gasteiger partial charge on any atom is 0.255 e. The fourth-order valence-electron chi connectivity index (χ4n) is 7.21. The fourth-order valence-corrected chi connectivity index (χ4v) is 7.21. The topological polar surface area (TPSA) is 117 Å². The molecule has 4 fully saturated rings. The van der Waals surface area contributed by atoms with E-state index in [-0.39, 0.29) is 24.3 Å². The lowest BCUT2D eigenvalue weighted by Gasteiger charge is -2.32. The molecule has 4 saturated heterocycles. The predicted molar refractivity (Wildman–Crippen MR) is 156 cm³/mol. The normalized spacial score (nSPS) is 27.2. The van der Waals surface area contributed by atoms with Gasteiger partial charge in [-0.05, 0) is 67.1 Å². The van der Waals surface area contributed by atoms with E-state index in [0.717, 1.165) is 80.2 Å². The molecule has 8 rings (SSSR count). The van der Waals surface area contributed by atoms with Crippen molar-refractivity contribution in [1.29, 1.82) is 0 Å². The van der Waals surface area contributed by atoms with Crippen LogP contribution in [0.15, 0.2) is 42.6 Å². The molecule has 5 aliphatic heterocycles.